The van der Waals surface area contributed by atoms with Gasteiger partial charge >= 0.3 is 0 Å². The molecule has 0 aliphatic carbocycles. The molecule has 1 aromatic rings. The molecule has 0 aromatic heterocycles. The van der Waals surface area contributed by atoms with E-state index in [0.717, 1.165) is 0 Å². The number of benzene rings is 1. The smallest absolute Gasteiger partial charge is 0.148 e. The molecule has 0 atom stereocenters. The summed E-state index contributed by atoms with van der Waals surface area (Å²) in [5.41, 5.74) is 0.697. The lowest BCUT2D eigenvalue weighted by atomic mass is 10.2. The number of terminal acetylenes is 1. The molecule has 0 radical (unpaired) electrons. The summed E-state index contributed by atoms with van der Waals surface area (Å²) in [6, 6.07) is 7.16. The van der Waals surface area contributed by atoms with Crippen molar-refractivity contribution in [2.45, 2.75) is 0 Å². The summed E-state index contributed by atoms with van der Waals surface area (Å²) in [4.78, 5) is 0. The van der Waals surface area contributed by atoms with E-state index in [2.05, 4.69) is 5.92 Å². The van der Waals surface area contributed by atoms with Crippen LogP contribution in [0.15, 0.2) is 30.8 Å². The van der Waals surface area contributed by atoms with Crippen molar-refractivity contribution in [1.82, 2.24) is 0 Å². The van der Waals surface area contributed by atoms with Crippen LogP contribution in [0.5, 0.6) is 5.75 Å². The average Bonchev–Trinajstić information content (AvgIpc) is 2.16. The summed E-state index contributed by atoms with van der Waals surface area (Å²) < 4.78 is 19.3. The summed E-state index contributed by atoms with van der Waals surface area (Å²) in [5.74, 6) is 2.96. The molecular formula is C11H10O. The van der Waals surface area contributed by atoms with E-state index in [1.54, 1.807) is 12.1 Å². The fourth-order valence-corrected chi connectivity index (χ4v) is 0.851. The van der Waals surface area contributed by atoms with E-state index < -0.39 is 0 Å². The maximum Gasteiger partial charge on any atom is 0.148 e. The second-order valence-electron chi connectivity index (χ2n) is 2.17. The molecule has 0 spiro atoms. The predicted molar refractivity (Wildman–Crippen MR) is 50.9 cm³/mol. The van der Waals surface area contributed by atoms with Crippen molar-refractivity contribution in [3.05, 3.63) is 36.4 Å². The van der Waals surface area contributed by atoms with Crippen molar-refractivity contribution in [2.24, 2.45) is 0 Å². The third kappa shape index (κ3) is 1.90. The van der Waals surface area contributed by atoms with Gasteiger partial charge in [0.2, 0.25) is 0 Å². The largest absolute Gasteiger partial charge is 0.480 e. The Bertz CT molecular complexity index is 373. The van der Waals surface area contributed by atoms with E-state index in [0.29, 0.717) is 11.3 Å². The molecule has 0 N–H and O–H groups in total. The molecule has 12 heavy (non-hydrogen) atoms. The maximum atomic E-state index is 7.02. The molecule has 1 nitrogen and oxygen atoms in total. The zero-order valence-electron chi connectivity index (χ0n) is 8.58. The van der Waals surface area contributed by atoms with Gasteiger partial charge < -0.3 is 4.74 Å². The lowest BCUT2D eigenvalue weighted by Gasteiger charge is -2.04. The minimum atomic E-state index is -0.262. The van der Waals surface area contributed by atoms with Crippen LogP contribution in [0, 0.1) is 12.3 Å². The zero-order chi connectivity index (χ0) is 10.4. The first-order chi connectivity index (χ1) is 6.74. The first kappa shape index (κ1) is 5.91. The molecule has 0 amide bonds. The van der Waals surface area contributed by atoms with Crippen molar-refractivity contribution in [1.29, 1.82) is 0 Å². The molecule has 0 heterocycles. The Labute approximate surface area is 75.5 Å². The molecule has 60 valence electrons. The van der Waals surface area contributed by atoms with E-state index in [-0.39, 0.29) is 13.1 Å². The van der Waals surface area contributed by atoms with E-state index in [9.17, 15) is 0 Å². The second-order valence-corrected chi connectivity index (χ2v) is 2.17. The van der Waals surface area contributed by atoms with Crippen molar-refractivity contribution < 1.29 is 7.48 Å². The van der Waals surface area contributed by atoms with Crippen molar-refractivity contribution in [3.8, 4) is 18.1 Å². The molecular weight excluding hydrogens is 148 g/mol. The Morgan fingerprint density at radius 1 is 1.67 bits per heavy atom. The van der Waals surface area contributed by atoms with Crippen LogP contribution in [0.1, 0.15) is 8.30 Å². The van der Waals surface area contributed by atoms with Crippen LogP contribution >= 0.6 is 0 Å². The van der Waals surface area contributed by atoms with E-state index in [4.69, 9.17) is 13.9 Å². The van der Waals surface area contributed by atoms with E-state index in [1.165, 1.54) is 6.08 Å². The predicted octanol–water partition coefficient (Wildman–Crippen LogP) is 2.34. The normalized spacial score (nSPS) is 10.6. The van der Waals surface area contributed by atoms with Gasteiger partial charge in [-0.15, -0.1) is 6.42 Å². The minimum Gasteiger partial charge on any atom is -0.480 e. The van der Waals surface area contributed by atoms with Crippen LogP contribution in [-0.4, -0.2) is 6.61 Å². The highest BCUT2D eigenvalue weighted by Gasteiger charge is 1.96. The summed E-state index contributed by atoms with van der Waals surface area (Å²) in [5, 5.41) is 0. The Hall–Kier alpha value is -1.68. The Balaban J connectivity index is 2.92. The molecule has 0 unspecified atom stereocenters. The highest BCUT2D eigenvalue weighted by atomic mass is 16.5. The minimum absolute atomic E-state index is 0.191. The second kappa shape index (κ2) is 4.25. The van der Waals surface area contributed by atoms with Gasteiger partial charge in [0.05, 0.1) is 2.74 Å². The summed E-state index contributed by atoms with van der Waals surface area (Å²) >= 11 is 0. The summed E-state index contributed by atoms with van der Waals surface area (Å²) in [6.45, 7) is -0.0716. The van der Waals surface area contributed by atoms with Crippen LogP contribution in [0.2, 0.25) is 0 Å². The number of hydrogen-bond acceptors (Lipinski definition) is 1. The Kier molecular flexibility index (Phi) is 2.09. The van der Waals surface area contributed by atoms with Crippen LogP contribution in [-0.2, 0) is 0 Å². The zero-order valence-corrected chi connectivity index (χ0v) is 6.58. The molecule has 0 saturated carbocycles. The quantitative estimate of drug-likeness (QED) is 0.617. The molecule has 0 aliphatic rings. The molecule has 1 rings (SSSR count). The maximum absolute atomic E-state index is 7.02. The lowest BCUT2D eigenvalue weighted by molar-refractivity contribution is 0.369. The fourth-order valence-electron chi connectivity index (χ4n) is 0.851. The molecule has 0 bridgehead atoms. The SMILES string of the molecule is [2H]C([2H])=Cc1ccccc1OCC#C. The van der Waals surface area contributed by atoms with Crippen LogP contribution < -0.4 is 4.74 Å². The van der Waals surface area contributed by atoms with Gasteiger partial charge in [0.25, 0.3) is 0 Å². The van der Waals surface area contributed by atoms with Crippen molar-refractivity contribution in [2.75, 3.05) is 6.61 Å². The van der Waals surface area contributed by atoms with Gasteiger partial charge in [-0.05, 0) is 6.07 Å². The van der Waals surface area contributed by atoms with Gasteiger partial charge in [-0.3, -0.25) is 0 Å². The van der Waals surface area contributed by atoms with Crippen LogP contribution in [0.25, 0.3) is 6.08 Å². The molecule has 1 aromatic carbocycles. The summed E-state index contributed by atoms with van der Waals surface area (Å²) in [7, 11) is 0. The fraction of sp³-hybridized carbons (Fsp3) is 0.0909. The van der Waals surface area contributed by atoms with Gasteiger partial charge in [-0.1, -0.05) is 36.7 Å². The Morgan fingerprint density at radius 2 is 2.50 bits per heavy atom. The van der Waals surface area contributed by atoms with E-state index >= 15 is 0 Å². The highest BCUT2D eigenvalue weighted by molar-refractivity contribution is 5.55. The topological polar surface area (TPSA) is 9.23 Å². The number of ether oxygens (including phenoxy) is 1. The highest BCUT2D eigenvalue weighted by Crippen LogP contribution is 2.18. The number of rotatable bonds is 3. The van der Waals surface area contributed by atoms with Gasteiger partial charge in [-0.2, -0.15) is 0 Å². The Morgan fingerprint density at radius 3 is 3.25 bits per heavy atom. The molecule has 0 aliphatic heterocycles. The van der Waals surface area contributed by atoms with E-state index in [1.807, 2.05) is 12.1 Å². The van der Waals surface area contributed by atoms with Crippen LogP contribution in [0.4, 0.5) is 0 Å². The number of para-hydroxylation sites is 1. The lowest BCUT2D eigenvalue weighted by Crippen LogP contribution is -1.94. The molecule has 0 fully saturated rings. The third-order valence-electron chi connectivity index (χ3n) is 1.39. The van der Waals surface area contributed by atoms with Gasteiger partial charge in [-0.25, -0.2) is 0 Å². The third-order valence-corrected chi connectivity index (χ3v) is 1.39. The van der Waals surface area contributed by atoms with Gasteiger partial charge in [0.1, 0.15) is 12.4 Å². The first-order valence-electron chi connectivity index (χ1n) is 4.54. The monoisotopic (exact) mass is 160 g/mol. The summed E-state index contributed by atoms with van der Waals surface area (Å²) in [6.07, 6.45) is 6.47. The van der Waals surface area contributed by atoms with Crippen molar-refractivity contribution in [3.63, 3.8) is 0 Å². The molecule has 0 saturated heterocycles. The standard InChI is InChI=1S/C11H10O/c1-3-9-12-11-8-6-5-7-10(11)4-2/h1,4-8H,2,9H2/i2D2. The molecule has 1 heteroatoms. The van der Waals surface area contributed by atoms with Gasteiger partial charge in [0, 0.05) is 5.56 Å². The number of hydrogen-bond donors (Lipinski definition) is 0. The van der Waals surface area contributed by atoms with Crippen molar-refractivity contribution >= 4 is 6.08 Å². The average molecular weight is 160 g/mol. The van der Waals surface area contributed by atoms with Gasteiger partial charge in [0.15, 0.2) is 0 Å². The first-order valence-corrected chi connectivity index (χ1v) is 3.54. The van der Waals surface area contributed by atoms with Crippen LogP contribution in [0.3, 0.4) is 0 Å².